The van der Waals surface area contributed by atoms with E-state index in [0.717, 1.165) is 5.56 Å². The van der Waals surface area contributed by atoms with E-state index in [1.807, 2.05) is 12.1 Å². The van der Waals surface area contributed by atoms with Crippen LogP contribution in [0.5, 0.6) is 5.75 Å². The quantitative estimate of drug-likeness (QED) is 0.619. The number of phenols is 1. The smallest absolute Gasteiger partial charge is 0.123 e. The second-order valence-corrected chi connectivity index (χ2v) is 4.14. The van der Waals surface area contributed by atoms with Crippen molar-refractivity contribution in [1.82, 2.24) is 0 Å². The maximum absolute atomic E-state index is 9.85. The van der Waals surface area contributed by atoms with E-state index in [0.29, 0.717) is 28.9 Å². The summed E-state index contributed by atoms with van der Waals surface area (Å²) in [6, 6.07) is 10.5. The van der Waals surface area contributed by atoms with E-state index in [4.69, 9.17) is 16.6 Å². The number of benzene rings is 2. The van der Waals surface area contributed by atoms with Gasteiger partial charge >= 0.3 is 0 Å². The van der Waals surface area contributed by atoms with Crippen molar-refractivity contribution in [2.75, 3.05) is 18.1 Å². The molecule has 2 aromatic rings. The number of nitrogens with two attached hydrogens (primary N) is 2. The van der Waals surface area contributed by atoms with Crippen LogP contribution in [0.2, 0.25) is 0 Å². The molecule has 0 aliphatic carbocycles. The fraction of sp³-hybridized carbons (Fsp3) is 0.143. The highest BCUT2D eigenvalue weighted by molar-refractivity contribution is 5.87. The van der Waals surface area contributed by atoms with Crippen LogP contribution in [0, 0.1) is 0 Å². The summed E-state index contributed by atoms with van der Waals surface area (Å²) in [5, 5.41) is 18.8. The predicted molar refractivity (Wildman–Crippen MR) is 73.2 cm³/mol. The molecule has 6 N–H and O–H groups in total. The van der Waals surface area contributed by atoms with E-state index < -0.39 is 0 Å². The molecule has 4 heteroatoms. The van der Waals surface area contributed by atoms with Gasteiger partial charge in [0.2, 0.25) is 0 Å². The molecule has 18 heavy (non-hydrogen) atoms. The Morgan fingerprint density at radius 2 is 1.72 bits per heavy atom. The topological polar surface area (TPSA) is 92.5 Å². The highest BCUT2D eigenvalue weighted by Gasteiger charge is 2.11. The molecule has 2 aromatic carbocycles. The van der Waals surface area contributed by atoms with Gasteiger partial charge in [-0.05, 0) is 30.2 Å². The normalized spacial score (nSPS) is 10.5. The van der Waals surface area contributed by atoms with Crippen molar-refractivity contribution < 1.29 is 10.2 Å². The standard InChI is InChI=1S/C14H16N2O2/c15-12-8-9(5-6-17)7-11(14(12)16)10-3-1-2-4-13(10)18/h1-4,7-8,17-18H,5-6,15-16H2. The van der Waals surface area contributed by atoms with Crippen molar-refractivity contribution in [3.8, 4) is 16.9 Å². The van der Waals surface area contributed by atoms with E-state index in [-0.39, 0.29) is 12.4 Å². The molecule has 4 nitrogen and oxygen atoms in total. The second-order valence-electron chi connectivity index (χ2n) is 4.14. The van der Waals surface area contributed by atoms with Crippen LogP contribution in [0.3, 0.4) is 0 Å². The van der Waals surface area contributed by atoms with Crippen LogP contribution in [-0.2, 0) is 6.42 Å². The summed E-state index contributed by atoms with van der Waals surface area (Å²) >= 11 is 0. The average Bonchev–Trinajstić information content (AvgIpc) is 2.35. The molecule has 0 aliphatic rings. The van der Waals surface area contributed by atoms with E-state index in [1.54, 1.807) is 24.3 Å². The molecule has 0 fully saturated rings. The highest BCUT2D eigenvalue weighted by Crippen LogP contribution is 2.36. The van der Waals surface area contributed by atoms with Gasteiger partial charge in [-0.15, -0.1) is 0 Å². The first-order valence-electron chi connectivity index (χ1n) is 5.70. The van der Waals surface area contributed by atoms with Gasteiger partial charge in [-0.2, -0.15) is 0 Å². The minimum Gasteiger partial charge on any atom is -0.507 e. The van der Waals surface area contributed by atoms with Crippen molar-refractivity contribution >= 4 is 11.4 Å². The molecular formula is C14H16N2O2. The van der Waals surface area contributed by atoms with Crippen LogP contribution < -0.4 is 11.5 Å². The van der Waals surface area contributed by atoms with Crippen molar-refractivity contribution in [1.29, 1.82) is 0 Å². The Morgan fingerprint density at radius 1 is 1.00 bits per heavy atom. The summed E-state index contributed by atoms with van der Waals surface area (Å²) in [6.45, 7) is 0.0452. The zero-order valence-electron chi connectivity index (χ0n) is 9.93. The molecule has 0 bridgehead atoms. The van der Waals surface area contributed by atoms with Crippen molar-refractivity contribution in [3.05, 3.63) is 42.0 Å². The highest BCUT2D eigenvalue weighted by atomic mass is 16.3. The molecule has 0 saturated carbocycles. The summed E-state index contributed by atoms with van der Waals surface area (Å²) in [5.74, 6) is 0.157. The largest absolute Gasteiger partial charge is 0.507 e. The Balaban J connectivity index is 2.59. The maximum Gasteiger partial charge on any atom is 0.123 e. The molecule has 0 atom stereocenters. The predicted octanol–water partition coefficient (Wildman–Crippen LogP) is 1.76. The monoisotopic (exact) mass is 244 g/mol. The molecule has 0 spiro atoms. The number of aliphatic hydroxyl groups excluding tert-OH is 1. The Hall–Kier alpha value is -2.20. The van der Waals surface area contributed by atoms with Crippen LogP contribution >= 0.6 is 0 Å². The zero-order valence-corrected chi connectivity index (χ0v) is 9.93. The third-order valence-electron chi connectivity index (χ3n) is 2.87. The number of hydrogen-bond donors (Lipinski definition) is 4. The van der Waals surface area contributed by atoms with E-state index >= 15 is 0 Å². The second kappa shape index (κ2) is 4.98. The number of nitrogen functional groups attached to an aromatic ring is 2. The first kappa shape index (κ1) is 12.3. The van der Waals surface area contributed by atoms with Gasteiger partial charge in [0, 0.05) is 17.7 Å². The third-order valence-corrected chi connectivity index (χ3v) is 2.87. The van der Waals surface area contributed by atoms with Crippen LogP contribution in [-0.4, -0.2) is 16.8 Å². The molecule has 2 rings (SSSR count). The SMILES string of the molecule is Nc1cc(CCO)cc(-c2ccccc2O)c1N. The number of rotatable bonds is 3. The first-order valence-corrected chi connectivity index (χ1v) is 5.70. The number of phenolic OH excluding ortho intramolecular Hbond substituents is 1. The Morgan fingerprint density at radius 3 is 2.39 bits per heavy atom. The lowest BCUT2D eigenvalue weighted by Gasteiger charge is -2.12. The van der Waals surface area contributed by atoms with Crippen LogP contribution in [0.4, 0.5) is 11.4 Å². The fourth-order valence-electron chi connectivity index (χ4n) is 1.94. The number of aliphatic hydroxyl groups is 1. The van der Waals surface area contributed by atoms with Crippen LogP contribution in [0.25, 0.3) is 11.1 Å². The van der Waals surface area contributed by atoms with Crippen LogP contribution in [0.15, 0.2) is 36.4 Å². The average molecular weight is 244 g/mol. The van der Waals surface area contributed by atoms with E-state index in [9.17, 15) is 5.11 Å². The summed E-state index contributed by atoms with van der Waals surface area (Å²) < 4.78 is 0. The van der Waals surface area contributed by atoms with Gasteiger partial charge < -0.3 is 21.7 Å². The Kier molecular flexibility index (Phi) is 3.39. The van der Waals surface area contributed by atoms with E-state index in [2.05, 4.69) is 0 Å². The van der Waals surface area contributed by atoms with Crippen molar-refractivity contribution in [3.63, 3.8) is 0 Å². The number of hydrogen-bond acceptors (Lipinski definition) is 4. The summed E-state index contributed by atoms with van der Waals surface area (Å²) in [4.78, 5) is 0. The van der Waals surface area contributed by atoms with Gasteiger partial charge in [-0.3, -0.25) is 0 Å². The van der Waals surface area contributed by atoms with Gasteiger partial charge in [-0.25, -0.2) is 0 Å². The molecule has 0 aromatic heterocycles. The van der Waals surface area contributed by atoms with Gasteiger partial charge in [0.15, 0.2) is 0 Å². The number of aromatic hydroxyl groups is 1. The Labute approximate surface area is 105 Å². The van der Waals surface area contributed by atoms with Gasteiger partial charge in [0.05, 0.1) is 11.4 Å². The third kappa shape index (κ3) is 2.24. The molecule has 0 heterocycles. The van der Waals surface area contributed by atoms with E-state index in [1.165, 1.54) is 0 Å². The molecule has 0 amide bonds. The van der Waals surface area contributed by atoms with Gasteiger partial charge in [0.25, 0.3) is 0 Å². The number of para-hydroxylation sites is 1. The minimum absolute atomic E-state index is 0.0452. The van der Waals surface area contributed by atoms with Crippen molar-refractivity contribution in [2.24, 2.45) is 0 Å². The zero-order chi connectivity index (χ0) is 13.1. The minimum atomic E-state index is 0.0452. The van der Waals surface area contributed by atoms with Gasteiger partial charge in [-0.1, -0.05) is 18.2 Å². The molecule has 0 radical (unpaired) electrons. The van der Waals surface area contributed by atoms with Gasteiger partial charge in [0.1, 0.15) is 5.75 Å². The lowest BCUT2D eigenvalue weighted by Crippen LogP contribution is -2.01. The Bertz CT molecular complexity index is 568. The maximum atomic E-state index is 9.85. The summed E-state index contributed by atoms with van der Waals surface area (Å²) in [5.41, 5.74) is 14.9. The molecule has 0 saturated heterocycles. The molecule has 94 valence electrons. The fourth-order valence-corrected chi connectivity index (χ4v) is 1.94. The summed E-state index contributed by atoms with van der Waals surface area (Å²) in [6.07, 6.45) is 0.505. The number of anilines is 2. The summed E-state index contributed by atoms with van der Waals surface area (Å²) in [7, 11) is 0. The lowest BCUT2D eigenvalue weighted by molar-refractivity contribution is 0.299. The first-order chi connectivity index (χ1) is 8.63. The van der Waals surface area contributed by atoms with Crippen LogP contribution in [0.1, 0.15) is 5.56 Å². The van der Waals surface area contributed by atoms with Crippen molar-refractivity contribution in [2.45, 2.75) is 6.42 Å². The lowest BCUT2D eigenvalue weighted by atomic mass is 9.98. The molecular weight excluding hydrogens is 228 g/mol. The molecule has 0 unspecified atom stereocenters. The molecule has 0 aliphatic heterocycles.